The van der Waals surface area contributed by atoms with E-state index in [0.29, 0.717) is 41.5 Å². The highest BCUT2D eigenvalue weighted by Crippen LogP contribution is 2.32. The fourth-order valence-electron chi connectivity index (χ4n) is 5.07. The number of anilines is 1. The van der Waals surface area contributed by atoms with Gasteiger partial charge in [0.1, 0.15) is 12.4 Å². The fraction of sp³-hybridized carbons (Fsp3) is 0.0857. The molecule has 1 atom stereocenters. The molecule has 230 valence electrons. The second kappa shape index (κ2) is 13.3. The molecule has 0 spiro atoms. The number of carbonyl (C=O) groups is 2. The summed E-state index contributed by atoms with van der Waals surface area (Å²) in [5.74, 6) is -0.741. The topological polar surface area (TPSA) is 110 Å². The van der Waals surface area contributed by atoms with Crippen LogP contribution < -0.4 is 24.9 Å². The van der Waals surface area contributed by atoms with Gasteiger partial charge in [-0.2, -0.15) is 0 Å². The summed E-state index contributed by atoms with van der Waals surface area (Å²) < 4.78 is 8.64. The van der Waals surface area contributed by atoms with Crippen LogP contribution in [0.4, 0.5) is 5.69 Å². The molecule has 46 heavy (non-hydrogen) atoms. The SMILES string of the molecule is CC1=C(C(=O)Nc2ccccc2)[C@@H](c2ccc(Cl)cc2)n2c(s/c(=C/c3ccc(OCc4ccc(C(=O)O)cc4)c(Br)c3)c2=O)=N1. The Morgan fingerprint density at radius 1 is 1.04 bits per heavy atom. The van der Waals surface area contributed by atoms with Crippen molar-refractivity contribution in [1.29, 1.82) is 0 Å². The summed E-state index contributed by atoms with van der Waals surface area (Å²) in [6, 6.07) is 27.5. The van der Waals surface area contributed by atoms with Gasteiger partial charge < -0.3 is 15.2 Å². The molecular weight excluding hydrogens is 690 g/mol. The number of nitrogens with zero attached hydrogens (tertiary/aromatic N) is 2. The molecule has 0 saturated carbocycles. The number of ether oxygens (including phenoxy) is 1. The Balaban J connectivity index is 1.32. The van der Waals surface area contributed by atoms with Gasteiger partial charge in [0.25, 0.3) is 11.5 Å². The molecule has 4 aromatic carbocycles. The molecule has 0 aliphatic carbocycles. The van der Waals surface area contributed by atoms with Gasteiger partial charge in [0, 0.05) is 10.7 Å². The first-order valence-electron chi connectivity index (χ1n) is 14.1. The van der Waals surface area contributed by atoms with Crippen LogP contribution in [0, 0.1) is 0 Å². The predicted molar refractivity (Wildman–Crippen MR) is 182 cm³/mol. The number of thiazole rings is 1. The minimum Gasteiger partial charge on any atom is -0.488 e. The summed E-state index contributed by atoms with van der Waals surface area (Å²) in [4.78, 5) is 44.0. The summed E-state index contributed by atoms with van der Waals surface area (Å²) >= 11 is 11.0. The number of nitrogens with one attached hydrogen (secondary N) is 1. The molecule has 1 aromatic heterocycles. The van der Waals surface area contributed by atoms with E-state index in [9.17, 15) is 14.4 Å². The standard InChI is InChI=1S/C35H25BrClN3O5S/c1-20-30(32(41)39-26-5-3-2-4-6-26)31(23-12-14-25(37)15-13-23)40-33(42)29(46-35(40)38-20)18-22-9-16-28(27(36)17-22)45-19-21-7-10-24(11-8-21)34(43)44/h2-18,31H,19H2,1H3,(H,39,41)(H,43,44)/b29-18+/t31-/m1/s1. The van der Waals surface area contributed by atoms with Crippen molar-refractivity contribution in [2.75, 3.05) is 5.32 Å². The number of hydrogen-bond acceptors (Lipinski definition) is 6. The lowest BCUT2D eigenvalue weighted by Crippen LogP contribution is -2.40. The van der Waals surface area contributed by atoms with Gasteiger partial charge in [-0.05, 0) is 94.2 Å². The van der Waals surface area contributed by atoms with E-state index in [1.165, 1.54) is 23.5 Å². The fourth-order valence-corrected chi connectivity index (χ4v) is 6.76. The van der Waals surface area contributed by atoms with Crippen LogP contribution in [0.5, 0.6) is 5.75 Å². The maximum absolute atomic E-state index is 14.0. The van der Waals surface area contributed by atoms with Crippen LogP contribution in [0.2, 0.25) is 5.02 Å². The van der Waals surface area contributed by atoms with Crippen LogP contribution in [0.1, 0.15) is 40.0 Å². The number of aromatic carboxylic acids is 1. The van der Waals surface area contributed by atoms with E-state index in [0.717, 1.165) is 16.7 Å². The smallest absolute Gasteiger partial charge is 0.335 e. The highest BCUT2D eigenvalue weighted by atomic mass is 79.9. The molecular formula is C35H25BrClN3O5S. The number of carbonyl (C=O) groups excluding carboxylic acids is 1. The molecule has 0 saturated heterocycles. The zero-order valence-electron chi connectivity index (χ0n) is 24.2. The average Bonchev–Trinajstić information content (AvgIpc) is 3.34. The monoisotopic (exact) mass is 713 g/mol. The lowest BCUT2D eigenvalue weighted by atomic mass is 9.95. The van der Waals surface area contributed by atoms with Crippen LogP contribution >= 0.6 is 38.9 Å². The van der Waals surface area contributed by atoms with E-state index in [1.807, 2.05) is 42.5 Å². The number of benzene rings is 4. The summed E-state index contributed by atoms with van der Waals surface area (Å²) in [5.41, 5.74) is 3.76. The lowest BCUT2D eigenvalue weighted by molar-refractivity contribution is -0.113. The summed E-state index contributed by atoms with van der Waals surface area (Å²) in [6.45, 7) is 2.02. The van der Waals surface area contributed by atoms with Crippen LogP contribution in [0.3, 0.4) is 0 Å². The van der Waals surface area contributed by atoms with E-state index in [-0.39, 0.29) is 23.6 Å². The number of carboxylic acid groups (broad SMARTS) is 1. The Kier molecular flexibility index (Phi) is 9.03. The quantitative estimate of drug-likeness (QED) is 0.189. The van der Waals surface area contributed by atoms with Gasteiger partial charge in [0.05, 0.1) is 31.9 Å². The minimum atomic E-state index is -0.983. The molecule has 0 bridgehead atoms. The highest BCUT2D eigenvalue weighted by Gasteiger charge is 2.32. The molecule has 1 amide bonds. The zero-order chi connectivity index (χ0) is 32.4. The highest BCUT2D eigenvalue weighted by molar-refractivity contribution is 9.10. The predicted octanol–water partition coefficient (Wildman–Crippen LogP) is 6.57. The largest absolute Gasteiger partial charge is 0.488 e. The number of hydrogen-bond donors (Lipinski definition) is 2. The number of rotatable bonds is 8. The van der Waals surface area contributed by atoms with Gasteiger partial charge in [-0.1, -0.05) is 71.5 Å². The molecule has 11 heteroatoms. The first-order valence-corrected chi connectivity index (χ1v) is 16.1. The van der Waals surface area contributed by atoms with Crippen molar-refractivity contribution in [3.8, 4) is 5.75 Å². The van der Waals surface area contributed by atoms with E-state index in [1.54, 1.807) is 60.0 Å². The van der Waals surface area contributed by atoms with Gasteiger partial charge in [-0.3, -0.25) is 14.2 Å². The normalized spacial score (nSPS) is 14.4. The molecule has 2 heterocycles. The molecule has 0 fully saturated rings. The van der Waals surface area contributed by atoms with Crippen molar-refractivity contribution < 1.29 is 19.4 Å². The van der Waals surface area contributed by atoms with Crippen LogP contribution in [-0.2, 0) is 11.4 Å². The Morgan fingerprint density at radius 3 is 2.43 bits per heavy atom. The number of aromatic nitrogens is 1. The second-order valence-corrected chi connectivity index (χ2v) is 12.7. The number of para-hydroxylation sites is 1. The number of carboxylic acids is 1. The number of amides is 1. The number of halogens is 2. The third kappa shape index (κ3) is 6.60. The van der Waals surface area contributed by atoms with Crippen LogP contribution in [0.15, 0.2) is 123 Å². The van der Waals surface area contributed by atoms with Crippen LogP contribution in [0.25, 0.3) is 6.08 Å². The van der Waals surface area contributed by atoms with Crippen molar-refractivity contribution in [2.45, 2.75) is 19.6 Å². The van der Waals surface area contributed by atoms with Crippen LogP contribution in [-0.4, -0.2) is 21.6 Å². The molecule has 8 nitrogen and oxygen atoms in total. The van der Waals surface area contributed by atoms with E-state index in [4.69, 9.17) is 26.4 Å². The zero-order valence-corrected chi connectivity index (χ0v) is 27.4. The third-order valence-electron chi connectivity index (χ3n) is 7.33. The van der Waals surface area contributed by atoms with Crippen molar-refractivity contribution in [1.82, 2.24) is 4.57 Å². The Bertz CT molecular complexity index is 2180. The van der Waals surface area contributed by atoms with E-state index < -0.39 is 12.0 Å². The first-order chi connectivity index (χ1) is 22.2. The molecule has 2 N–H and O–H groups in total. The maximum Gasteiger partial charge on any atom is 0.335 e. The van der Waals surface area contributed by atoms with Gasteiger partial charge >= 0.3 is 5.97 Å². The van der Waals surface area contributed by atoms with E-state index in [2.05, 4.69) is 21.2 Å². The Morgan fingerprint density at radius 2 is 1.76 bits per heavy atom. The third-order valence-corrected chi connectivity index (χ3v) is 9.19. The van der Waals surface area contributed by atoms with Gasteiger partial charge in [0.15, 0.2) is 4.80 Å². The summed E-state index contributed by atoms with van der Waals surface area (Å²) in [7, 11) is 0. The molecule has 1 aliphatic heterocycles. The average molecular weight is 715 g/mol. The summed E-state index contributed by atoms with van der Waals surface area (Å²) in [6.07, 6.45) is 1.78. The van der Waals surface area contributed by atoms with Crippen molar-refractivity contribution in [2.24, 2.45) is 4.99 Å². The molecule has 1 aliphatic rings. The maximum atomic E-state index is 14.0. The number of allylic oxidation sites excluding steroid dienone is 1. The Labute approximate surface area is 280 Å². The minimum absolute atomic E-state index is 0.209. The molecule has 6 rings (SSSR count). The summed E-state index contributed by atoms with van der Waals surface area (Å²) in [5, 5.41) is 12.6. The van der Waals surface area contributed by atoms with Gasteiger partial charge in [0.2, 0.25) is 0 Å². The van der Waals surface area contributed by atoms with Crippen molar-refractivity contribution in [3.05, 3.63) is 160 Å². The second-order valence-electron chi connectivity index (χ2n) is 10.4. The van der Waals surface area contributed by atoms with Gasteiger partial charge in [-0.25, -0.2) is 9.79 Å². The Hall–Kier alpha value is -4.77. The lowest BCUT2D eigenvalue weighted by Gasteiger charge is -2.25. The molecule has 5 aromatic rings. The van der Waals surface area contributed by atoms with E-state index >= 15 is 0 Å². The first kappa shape index (κ1) is 31.2. The number of fused-ring (bicyclic) bond motifs is 1. The van der Waals surface area contributed by atoms with Crippen molar-refractivity contribution in [3.63, 3.8) is 0 Å². The van der Waals surface area contributed by atoms with Gasteiger partial charge in [-0.15, -0.1) is 0 Å². The molecule has 0 radical (unpaired) electrons. The van der Waals surface area contributed by atoms with Crippen molar-refractivity contribution >= 4 is 62.5 Å². The molecule has 0 unspecified atom stereocenters.